The van der Waals surface area contributed by atoms with Crippen molar-refractivity contribution in [3.63, 3.8) is 0 Å². The first kappa shape index (κ1) is 14.0. The summed E-state index contributed by atoms with van der Waals surface area (Å²) in [6.45, 7) is 3.31. The lowest BCUT2D eigenvalue weighted by Crippen LogP contribution is -2.24. The summed E-state index contributed by atoms with van der Waals surface area (Å²) in [5.74, 6) is 0.633. The summed E-state index contributed by atoms with van der Waals surface area (Å²) >= 11 is 0. The van der Waals surface area contributed by atoms with Crippen LogP contribution in [0.25, 0.3) is 0 Å². The van der Waals surface area contributed by atoms with Crippen molar-refractivity contribution in [2.45, 2.75) is 26.2 Å². The van der Waals surface area contributed by atoms with Crippen LogP contribution in [-0.2, 0) is 11.2 Å². The van der Waals surface area contributed by atoms with Crippen molar-refractivity contribution >= 4 is 5.91 Å². The molecule has 0 heterocycles. The van der Waals surface area contributed by atoms with E-state index in [1.807, 2.05) is 30.3 Å². The molecule has 0 fully saturated rings. The number of rotatable bonds is 7. The third-order valence-corrected chi connectivity index (χ3v) is 2.35. The summed E-state index contributed by atoms with van der Waals surface area (Å²) in [4.78, 5) is 11.1. The van der Waals surface area contributed by atoms with E-state index in [9.17, 15) is 4.79 Å². The molecule has 18 heavy (non-hydrogen) atoms. The first-order chi connectivity index (χ1) is 8.76. The first-order valence-electron chi connectivity index (χ1n) is 6.11. The van der Waals surface area contributed by atoms with Gasteiger partial charge in [0.1, 0.15) is 12.2 Å². The Kier molecular flexibility index (Phi) is 6.34. The molecule has 1 rings (SSSR count). The van der Waals surface area contributed by atoms with Crippen molar-refractivity contribution in [3.8, 4) is 11.8 Å². The Morgan fingerprint density at radius 1 is 1.50 bits per heavy atom. The van der Waals surface area contributed by atoms with Gasteiger partial charge < -0.3 is 10.1 Å². The number of carbonyl (C=O) groups excluding carboxylic acids is 1. The van der Waals surface area contributed by atoms with Gasteiger partial charge in [0.05, 0.1) is 12.7 Å². The fraction of sp³-hybridized carbons (Fsp3) is 0.429. The van der Waals surface area contributed by atoms with Crippen LogP contribution >= 0.6 is 0 Å². The van der Waals surface area contributed by atoms with Gasteiger partial charge in [0.25, 0.3) is 0 Å². The minimum atomic E-state index is -0.226. The smallest absolute Gasteiger partial charge is 0.234 e. The first-order valence-corrected chi connectivity index (χ1v) is 6.11. The Balaban J connectivity index is 2.38. The van der Waals surface area contributed by atoms with Crippen LogP contribution in [0.15, 0.2) is 24.3 Å². The van der Waals surface area contributed by atoms with Gasteiger partial charge in [-0.1, -0.05) is 19.1 Å². The highest BCUT2D eigenvalue weighted by Crippen LogP contribution is 2.13. The largest absolute Gasteiger partial charge is 0.494 e. The summed E-state index contributed by atoms with van der Waals surface area (Å²) in [7, 11) is 0. The van der Waals surface area contributed by atoms with Gasteiger partial charge in [-0.15, -0.1) is 0 Å². The average molecular weight is 246 g/mol. The molecule has 0 aliphatic carbocycles. The molecule has 0 saturated heterocycles. The molecule has 1 aromatic carbocycles. The van der Waals surface area contributed by atoms with Crippen LogP contribution in [0.3, 0.4) is 0 Å². The molecule has 1 N–H and O–H groups in total. The topological polar surface area (TPSA) is 62.1 Å². The molecule has 0 saturated carbocycles. The highest BCUT2D eigenvalue weighted by atomic mass is 16.5. The maximum Gasteiger partial charge on any atom is 0.234 e. The van der Waals surface area contributed by atoms with Crippen LogP contribution < -0.4 is 10.1 Å². The number of hydrogen-bond acceptors (Lipinski definition) is 3. The molecule has 1 aromatic rings. The Morgan fingerprint density at radius 2 is 2.33 bits per heavy atom. The molecule has 0 atom stereocenters. The molecule has 0 aliphatic heterocycles. The van der Waals surface area contributed by atoms with Crippen LogP contribution in [-0.4, -0.2) is 19.1 Å². The van der Waals surface area contributed by atoms with E-state index < -0.39 is 0 Å². The number of amides is 1. The fourth-order valence-corrected chi connectivity index (χ4v) is 1.49. The van der Waals surface area contributed by atoms with E-state index in [1.165, 1.54) is 0 Å². The maximum absolute atomic E-state index is 11.1. The summed E-state index contributed by atoms with van der Waals surface area (Å²) in [6, 6.07) is 9.66. The highest BCUT2D eigenvalue weighted by Gasteiger charge is 2.00. The molecule has 0 unspecified atom stereocenters. The molecule has 0 aliphatic rings. The second kappa shape index (κ2) is 8.13. The van der Waals surface area contributed by atoms with Crippen LogP contribution in [0, 0.1) is 11.3 Å². The number of benzene rings is 1. The lowest BCUT2D eigenvalue weighted by Gasteiger charge is -2.07. The zero-order valence-electron chi connectivity index (χ0n) is 10.6. The molecule has 4 heteroatoms. The Morgan fingerprint density at radius 3 is 3.06 bits per heavy atom. The van der Waals surface area contributed by atoms with Crippen molar-refractivity contribution in [1.29, 1.82) is 5.26 Å². The van der Waals surface area contributed by atoms with Crippen molar-refractivity contribution in [2.75, 3.05) is 13.2 Å². The summed E-state index contributed by atoms with van der Waals surface area (Å²) in [5, 5.41) is 11.0. The van der Waals surface area contributed by atoms with Gasteiger partial charge in [0, 0.05) is 6.54 Å². The predicted molar refractivity (Wildman–Crippen MR) is 69.2 cm³/mol. The van der Waals surface area contributed by atoms with E-state index in [2.05, 4.69) is 12.2 Å². The van der Waals surface area contributed by atoms with E-state index in [0.29, 0.717) is 13.2 Å². The fourth-order valence-electron chi connectivity index (χ4n) is 1.49. The third kappa shape index (κ3) is 5.35. The van der Waals surface area contributed by atoms with Gasteiger partial charge in [-0.05, 0) is 30.5 Å². The number of hydrogen-bond donors (Lipinski definition) is 1. The van der Waals surface area contributed by atoms with Gasteiger partial charge >= 0.3 is 0 Å². The molecule has 0 bridgehead atoms. The zero-order valence-corrected chi connectivity index (χ0v) is 10.6. The van der Waals surface area contributed by atoms with Crippen molar-refractivity contribution < 1.29 is 9.53 Å². The zero-order chi connectivity index (χ0) is 13.2. The van der Waals surface area contributed by atoms with Gasteiger partial charge in [0.15, 0.2) is 0 Å². The van der Waals surface area contributed by atoms with Crippen LogP contribution in [0.1, 0.15) is 25.3 Å². The minimum Gasteiger partial charge on any atom is -0.494 e. The van der Waals surface area contributed by atoms with E-state index in [-0.39, 0.29) is 12.3 Å². The summed E-state index contributed by atoms with van der Waals surface area (Å²) < 4.78 is 5.53. The molecule has 1 amide bonds. The third-order valence-electron chi connectivity index (χ3n) is 2.35. The van der Waals surface area contributed by atoms with Gasteiger partial charge in [-0.3, -0.25) is 4.79 Å². The predicted octanol–water partition coefficient (Wildman–Crippen LogP) is 2.05. The van der Waals surface area contributed by atoms with E-state index in [0.717, 1.165) is 24.2 Å². The Labute approximate surface area is 108 Å². The van der Waals surface area contributed by atoms with E-state index in [4.69, 9.17) is 10.00 Å². The number of carbonyl (C=O) groups is 1. The molecular formula is C14H18N2O2. The van der Waals surface area contributed by atoms with Crippen LogP contribution in [0.5, 0.6) is 5.75 Å². The second-order valence-electron chi connectivity index (χ2n) is 3.93. The Hall–Kier alpha value is -2.02. The number of nitrogens with one attached hydrogen (secondary N) is 1. The quantitative estimate of drug-likeness (QED) is 0.801. The summed E-state index contributed by atoms with van der Waals surface area (Å²) in [6.07, 6.45) is 1.63. The molecular weight excluding hydrogens is 228 g/mol. The number of nitriles is 1. The lowest BCUT2D eigenvalue weighted by atomic mass is 10.1. The SMILES string of the molecule is CCCOc1cccc(CCNC(=O)CC#N)c1. The standard InChI is InChI=1S/C14H18N2O2/c1-2-10-18-13-5-3-4-12(11-13)7-9-16-14(17)6-8-15/h3-5,11H,2,6-7,9-10H2,1H3,(H,16,17). The molecule has 4 nitrogen and oxygen atoms in total. The lowest BCUT2D eigenvalue weighted by molar-refractivity contribution is -0.120. The highest BCUT2D eigenvalue weighted by molar-refractivity contribution is 5.77. The minimum absolute atomic E-state index is 0.0837. The van der Waals surface area contributed by atoms with Crippen molar-refractivity contribution in [3.05, 3.63) is 29.8 Å². The van der Waals surface area contributed by atoms with Crippen LogP contribution in [0.4, 0.5) is 0 Å². The second-order valence-corrected chi connectivity index (χ2v) is 3.93. The number of ether oxygens (including phenoxy) is 1. The molecule has 96 valence electrons. The van der Waals surface area contributed by atoms with Gasteiger partial charge in [-0.2, -0.15) is 5.26 Å². The monoisotopic (exact) mass is 246 g/mol. The average Bonchev–Trinajstić information content (AvgIpc) is 2.37. The normalized spacial score (nSPS) is 9.56. The van der Waals surface area contributed by atoms with E-state index in [1.54, 1.807) is 0 Å². The van der Waals surface area contributed by atoms with Gasteiger partial charge in [0.2, 0.25) is 5.91 Å². The van der Waals surface area contributed by atoms with Crippen LogP contribution in [0.2, 0.25) is 0 Å². The molecule has 0 spiro atoms. The summed E-state index contributed by atoms with van der Waals surface area (Å²) in [5.41, 5.74) is 1.11. The van der Waals surface area contributed by atoms with Gasteiger partial charge in [-0.25, -0.2) is 0 Å². The van der Waals surface area contributed by atoms with E-state index >= 15 is 0 Å². The number of nitrogens with zero attached hydrogens (tertiary/aromatic N) is 1. The molecule has 0 radical (unpaired) electrons. The van der Waals surface area contributed by atoms with Crippen molar-refractivity contribution in [1.82, 2.24) is 5.32 Å². The van der Waals surface area contributed by atoms with Crippen molar-refractivity contribution in [2.24, 2.45) is 0 Å². The maximum atomic E-state index is 11.1. The Bertz CT molecular complexity index is 424. The molecule has 0 aromatic heterocycles.